The molecule has 3 nitrogen and oxygen atoms in total. The maximum absolute atomic E-state index is 11.5. The summed E-state index contributed by atoms with van der Waals surface area (Å²) < 4.78 is 0. The fraction of sp³-hybridized carbons (Fsp3) is 0.636. The molecule has 2 unspecified atom stereocenters. The van der Waals surface area contributed by atoms with Crippen LogP contribution in [0.25, 0.3) is 0 Å². The zero-order valence-electron chi connectivity index (χ0n) is 8.19. The first-order chi connectivity index (χ1) is 6.83. The topological polar surface area (TPSA) is 37.4 Å². The normalized spacial score (nSPS) is 31.4. The number of hydrogen-bond donors (Lipinski definition) is 0. The summed E-state index contributed by atoms with van der Waals surface area (Å²) in [6, 6.07) is 0.284. The molecule has 1 saturated carbocycles. The number of aldehydes is 1. The van der Waals surface area contributed by atoms with E-state index in [4.69, 9.17) is 0 Å². The predicted octanol–water partition coefficient (Wildman–Crippen LogP) is 1.14. The number of fused-ring (bicyclic) bond motifs is 1. The quantitative estimate of drug-likeness (QED) is 0.617. The van der Waals surface area contributed by atoms with Gasteiger partial charge in [0.2, 0.25) is 5.91 Å². The van der Waals surface area contributed by atoms with Crippen molar-refractivity contribution in [2.75, 3.05) is 6.54 Å². The summed E-state index contributed by atoms with van der Waals surface area (Å²) in [6.45, 7) is 0.254. The fourth-order valence-electron chi connectivity index (χ4n) is 2.52. The van der Waals surface area contributed by atoms with Crippen molar-refractivity contribution in [3.8, 4) is 0 Å². The predicted molar refractivity (Wildman–Crippen MR) is 52.7 cm³/mol. The van der Waals surface area contributed by atoms with E-state index in [1.807, 2.05) is 6.08 Å². The van der Waals surface area contributed by atoms with E-state index in [9.17, 15) is 9.59 Å². The van der Waals surface area contributed by atoms with Gasteiger partial charge in [0.15, 0.2) is 0 Å². The summed E-state index contributed by atoms with van der Waals surface area (Å²) >= 11 is 0. The summed E-state index contributed by atoms with van der Waals surface area (Å²) in [7, 11) is 0. The van der Waals surface area contributed by atoms with Gasteiger partial charge in [-0.2, -0.15) is 0 Å². The van der Waals surface area contributed by atoms with Crippen LogP contribution < -0.4 is 0 Å². The number of amides is 1. The van der Waals surface area contributed by atoms with Crippen molar-refractivity contribution in [1.82, 2.24) is 4.90 Å². The van der Waals surface area contributed by atoms with Gasteiger partial charge >= 0.3 is 0 Å². The molecule has 0 radical (unpaired) electrons. The molecule has 2 rings (SSSR count). The number of carbonyl (C=O) groups excluding carboxylic acids is 2. The third-order valence-corrected chi connectivity index (χ3v) is 3.22. The van der Waals surface area contributed by atoms with Gasteiger partial charge in [-0.05, 0) is 24.8 Å². The van der Waals surface area contributed by atoms with Crippen molar-refractivity contribution in [2.45, 2.75) is 31.7 Å². The second kappa shape index (κ2) is 3.95. The second-order valence-corrected chi connectivity index (χ2v) is 4.03. The first kappa shape index (κ1) is 9.44. The Hall–Kier alpha value is -1.12. The lowest BCUT2D eigenvalue weighted by Crippen LogP contribution is -2.48. The zero-order valence-corrected chi connectivity index (χ0v) is 8.19. The van der Waals surface area contributed by atoms with Gasteiger partial charge in [0.05, 0.1) is 6.54 Å². The Morgan fingerprint density at radius 3 is 3.00 bits per heavy atom. The number of rotatable bonds is 2. The molecule has 3 heteroatoms. The monoisotopic (exact) mass is 193 g/mol. The van der Waals surface area contributed by atoms with Crippen LogP contribution in [0, 0.1) is 5.92 Å². The first-order valence-electron chi connectivity index (χ1n) is 5.25. The second-order valence-electron chi connectivity index (χ2n) is 4.03. The Morgan fingerprint density at radius 1 is 1.43 bits per heavy atom. The standard InChI is InChI=1S/C11H15NO2/c13-8-7-12-10-4-2-1-3-9(10)5-6-11(12)14/h5-6,8-10H,1-4,7H2. The van der Waals surface area contributed by atoms with Crippen molar-refractivity contribution in [2.24, 2.45) is 5.92 Å². The van der Waals surface area contributed by atoms with E-state index < -0.39 is 0 Å². The van der Waals surface area contributed by atoms with Gasteiger partial charge in [0, 0.05) is 6.04 Å². The molecule has 1 aliphatic carbocycles. The fourth-order valence-corrected chi connectivity index (χ4v) is 2.52. The van der Waals surface area contributed by atoms with Gasteiger partial charge in [0.25, 0.3) is 0 Å². The Labute approximate surface area is 83.8 Å². The van der Waals surface area contributed by atoms with E-state index >= 15 is 0 Å². The molecule has 0 N–H and O–H groups in total. The highest BCUT2D eigenvalue weighted by Gasteiger charge is 2.33. The van der Waals surface area contributed by atoms with Crippen LogP contribution in [0.3, 0.4) is 0 Å². The lowest BCUT2D eigenvalue weighted by atomic mass is 9.81. The number of nitrogens with zero attached hydrogens (tertiary/aromatic N) is 1. The van der Waals surface area contributed by atoms with Crippen molar-refractivity contribution in [3.63, 3.8) is 0 Å². The van der Waals surface area contributed by atoms with Crippen LogP contribution in [0.5, 0.6) is 0 Å². The maximum atomic E-state index is 11.5. The summed E-state index contributed by atoms with van der Waals surface area (Å²) in [6.07, 6.45) is 9.09. The minimum absolute atomic E-state index is 0.000231. The highest BCUT2D eigenvalue weighted by atomic mass is 16.2. The smallest absolute Gasteiger partial charge is 0.246 e. The largest absolute Gasteiger partial charge is 0.329 e. The average Bonchev–Trinajstić information content (AvgIpc) is 2.23. The maximum Gasteiger partial charge on any atom is 0.246 e. The van der Waals surface area contributed by atoms with Gasteiger partial charge in [-0.1, -0.05) is 18.9 Å². The lowest BCUT2D eigenvalue weighted by Gasteiger charge is -2.40. The minimum atomic E-state index is 0.000231. The molecule has 2 aliphatic rings. The van der Waals surface area contributed by atoms with E-state index in [2.05, 4.69) is 0 Å². The van der Waals surface area contributed by atoms with Gasteiger partial charge in [-0.25, -0.2) is 0 Å². The lowest BCUT2D eigenvalue weighted by molar-refractivity contribution is -0.133. The van der Waals surface area contributed by atoms with Crippen LogP contribution in [-0.2, 0) is 9.59 Å². The molecule has 1 fully saturated rings. The number of carbonyl (C=O) groups is 2. The first-order valence-corrected chi connectivity index (χ1v) is 5.25. The molecular weight excluding hydrogens is 178 g/mol. The summed E-state index contributed by atoms with van der Waals surface area (Å²) in [5.41, 5.74) is 0. The Bertz CT molecular complexity index is 272. The molecule has 1 heterocycles. The Morgan fingerprint density at radius 2 is 2.21 bits per heavy atom. The molecule has 76 valence electrons. The van der Waals surface area contributed by atoms with Crippen LogP contribution in [0.4, 0.5) is 0 Å². The van der Waals surface area contributed by atoms with E-state index in [0.29, 0.717) is 5.92 Å². The van der Waals surface area contributed by atoms with Gasteiger partial charge in [-0.3, -0.25) is 4.79 Å². The van der Waals surface area contributed by atoms with Crippen molar-refractivity contribution in [3.05, 3.63) is 12.2 Å². The molecule has 0 spiro atoms. The molecule has 1 aliphatic heterocycles. The SMILES string of the molecule is O=CCN1C(=O)C=CC2CCCCC21. The zero-order chi connectivity index (χ0) is 9.97. The highest BCUT2D eigenvalue weighted by Crippen LogP contribution is 2.31. The third kappa shape index (κ3) is 1.59. The van der Waals surface area contributed by atoms with E-state index in [0.717, 1.165) is 19.1 Å². The molecule has 0 saturated heterocycles. The third-order valence-electron chi connectivity index (χ3n) is 3.22. The molecule has 1 amide bonds. The summed E-state index contributed by atoms with van der Waals surface area (Å²) in [4.78, 5) is 23.7. The minimum Gasteiger partial charge on any atom is -0.329 e. The highest BCUT2D eigenvalue weighted by molar-refractivity contribution is 5.90. The van der Waals surface area contributed by atoms with Crippen molar-refractivity contribution < 1.29 is 9.59 Å². The van der Waals surface area contributed by atoms with Crippen molar-refractivity contribution >= 4 is 12.2 Å². The molecule has 0 aromatic heterocycles. The molecule has 0 aromatic rings. The molecule has 0 aromatic carbocycles. The van der Waals surface area contributed by atoms with E-state index in [-0.39, 0.29) is 18.5 Å². The van der Waals surface area contributed by atoms with Crippen LogP contribution in [-0.4, -0.2) is 29.7 Å². The van der Waals surface area contributed by atoms with Crippen LogP contribution >= 0.6 is 0 Å². The van der Waals surface area contributed by atoms with Crippen LogP contribution in [0.2, 0.25) is 0 Å². The Kier molecular flexibility index (Phi) is 2.66. The van der Waals surface area contributed by atoms with Crippen molar-refractivity contribution in [1.29, 1.82) is 0 Å². The van der Waals surface area contributed by atoms with E-state index in [1.165, 1.54) is 12.8 Å². The van der Waals surface area contributed by atoms with Crippen LogP contribution in [0.1, 0.15) is 25.7 Å². The van der Waals surface area contributed by atoms with Gasteiger partial charge in [-0.15, -0.1) is 0 Å². The number of hydrogen-bond acceptors (Lipinski definition) is 2. The van der Waals surface area contributed by atoms with Gasteiger partial charge in [0.1, 0.15) is 6.29 Å². The molecule has 2 atom stereocenters. The summed E-state index contributed by atoms with van der Waals surface area (Å²) in [5, 5.41) is 0. The van der Waals surface area contributed by atoms with Crippen LogP contribution in [0.15, 0.2) is 12.2 Å². The molecular formula is C11H15NO2. The molecule has 14 heavy (non-hydrogen) atoms. The van der Waals surface area contributed by atoms with Gasteiger partial charge < -0.3 is 9.69 Å². The van der Waals surface area contributed by atoms with E-state index in [1.54, 1.807) is 11.0 Å². The summed E-state index contributed by atoms with van der Waals surface area (Å²) in [5.74, 6) is 0.488. The molecule has 0 bridgehead atoms. The average molecular weight is 193 g/mol. The Balaban J connectivity index is 2.17.